The Morgan fingerprint density at radius 2 is 2.27 bits per heavy atom. The first-order valence-electron chi connectivity index (χ1n) is 3.05. The smallest absolute Gasteiger partial charge is 0.287 e. The predicted octanol–water partition coefficient (Wildman–Crippen LogP) is 1.73. The molecule has 1 aromatic heterocycles. The van der Waals surface area contributed by atoms with Crippen LogP contribution in [0.3, 0.4) is 0 Å². The van der Waals surface area contributed by atoms with E-state index in [1.54, 1.807) is 6.07 Å². The summed E-state index contributed by atoms with van der Waals surface area (Å²) in [6, 6.07) is 5.45. The molecule has 0 aliphatic rings. The van der Waals surface area contributed by atoms with Gasteiger partial charge >= 0.3 is 0 Å². The van der Waals surface area contributed by atoms with Gasteiger partial charge in [0, 0.05) is 0 Å². The van der Waals surface area contributed by atoms with Crippen molar-refractivity contribution in [3.63, 3.8) is 0 Å². The maximum absolute atomic E-state index is 11.0. The van der Waals surface area contributed by atoms with Gasteiger partial charge in [-0.15, -0.1) is 0 Å². The summed E-state index contributed by atoms with van der Waals surface area (Å²) in [7, 11) is 0. The highest BCUT2D eigenvalue weighted by molar-refractivity contribution is 14.1. The van der Waals surface area contributed by atoms with Gasteiger partial charge in [0.05, 0.1) is 8.96 Å². The van der Waals surface area contributed by atoms with Gasteiger partial charge in [-0.2, -0.15) is 5.16 Å². The molecular formula is C7H4INO2. The first-order valence-corrected chi connectivity index (χ1v) is 4.12. The third-order valence-corrected chi connectivity index (χ3v) is 2.31. The monoisotopic (exact) mass is 261 g/mol. The van der Waals surface area contributed by atoms with Crippen LogP contribution < -0.4 is 5.56 Å². The van der Waals surface area contributed by atoms with Crippen LogP contribution >= 0.6 is 22.6 Å². The molecule has 4 heteroatoms. The number of aromatic nitrogens is 1. The minimum Gasteiger partial charge on any atom is -0.377 e. The molecule has 2 aromatic rings. The standard InChI is InChI=1S/C7H4INO2/c8-5-3-1-2-4-6(5)11-9-7(4)10/h1-3H,(H,9,10). The van der Waals surface area contributed by atoms with E-state index >= 15 is 0 Å². The molecule has 1 N–H and O–H groups in total. The van der Waals surface area contributed by atoms with Gasteiger partial charge in [-0.3, -0.25) is 4.79 Å². The largest absolute Gasteiger partial charge is 0.377 e. The maximum Gasteiger partial charge on any atom is 0.287 e. The second kappa shape index (κ2) is 2.37. The van der Waals surface area contributed by atoms with Crippen LogP contribution in [0.1, 0.15) is 0 Å². The fourth-order valence-electron chi connectivity index (χ4n) is 0.944. The summed E-state index contributed by atoms with van der Waals surface area (Å²) >= 11 is 2.12. The Morgan fingerprint density at radius 3 is 3.00 bits per heavy atom. The third kappa shape index (κ3) is 0.973. The van der Waals surface area contributed by atoms with E-state index in [2.05, 4.69) is 27.7 Å². The number of fused-ring (bicyclic) bond motifs is 1. The molecule has 1 aromatic carbocycles. The highest BCUT2D eigenvalue weighted by Crippen LogP contribution is 2.16. The highest BCUT2D eigenvalue weighted by atomic mass is 127. The second-order valence-corrected chi connectivity index (χ2v) is 3.31. The van der Waals surface area contributed by atoms with Gasteiger partial charge in [0.2, 0.25) is 0 Å². The van der Waals surface area contributed by atoms with Gasteiger partial charge in [-0.25, -0.2) is 0 Å². The number of benzene rings is 1. The quantitative estimate of drug-likeness (QED) is 0.734. The zero-order chi connectivity index (χ0) is 7.84. The van der Waals surface area contributed by atoms with Crippen LogP contribution in [0.25, 0.3) is 11.0 Å². The van der Waals surface area contributed by atoms with Crippen LogP contribution in [0.15, 0.2) is 27.5 Å². The molecule has 0 saturated carbocycles. The van der Waals surface area contributed by atoms with E-state index in [0.717, 1.165) is 3.57 Å². The summed E-state index contributed by atoms with van der Waals surface area (Å²) < 4.78 is 5.88. The summed E-state index contributed by atoms with van der Waals surface area (Å²) in [5.41, 5.74) is 0.469. The molecule has 0 radical (unpaired) electrons. The van der Waals surface area contributed by atoms with Crippen LogP contribution in [-0.2, 0) is 0 Å². The van der Waals surface area contributed by atoms with Gasteiger partial charge in [-0.05, 0) is 34.7 Å². The van der Waals surface area contributed by atoms with Crippen molar-refractivity contribution >= 4 is 33.6 Å². The normalized spacial score (nSPS) is 10.6. The lowest BCUT2D eigenvalue weighted by atomic mass is 10.3. The van der Waals surface area contributed by atoms with Crippen LogP contribution in [0.2, 0.25) is 0 Å². The Bertz CT molecular complexity index is 443. The first kappa shape index (κ1) is 6.90. The average Bonchev–Trinajstić information content (AvgIpc) is 2.35. The predicted molar refractivity (Wildman–Crippen MR) is 49.6 cm³/mol. The van der Waals surface area contributed by atoms with Crippen molar-refractivity contribution in [1.82, 2.24) is 5.16 Å². The highest BCUT2D eigenvalue weighted by Gasteiger charge is 2.04. The maximum atomic E-state index is 11.0. The Labute approximate surface area is 75.5 Å². The summed E-state index contributed by atoms with van der Waals surface area (Å²) in [5, 5.41) is 2.89. The van der Waals surface area contributed by atoms with E-state index < -0.39 is 0 Å². The molecule has 0 fully saturated rings. The topological polar surface area (TPSA) is 46.0 Å². The van der Waals surface area contributed by atoms with Crippen LogP contribution in [0.5, 0.6) is 0 Å². The number of aromatic amines is 1. The summed E-state index contributed by atoms with van der Waals surface area (Å²) in [6.45, 7) is 0. The minimum absolute atomic E-state index is 0.168. The Hall–Kier alpha value is -0.780. The van der Waals surface area contributed by atoms with Crippen molar-refractivity contribution in [3.05, 3.63) is 32.1 Å². The van der Waals surface area contributed by atoms with E-state index in [4.69, 9.17) is 4.52 Å². The number of H-pyrrole nitrogens is 1. The van der Waals surface area contributed by atoms with E-state index in [1.165, 1.54) is 0 Å². The molecule has 0 atom stereocenters. The Morgan fingerprint density at radius 1 is 1.45 bits per heavy atom. The van der Waals surface area contributed by atoms with Crippen molar-refractivity contribution < 1.29 is 4.52 Å². The van der Waals surface area contributed by atoms with Crippen LogP contribution in [0.4, 0.5) is 0 Å². The summed E-state index contributed by atoms with van der Waals surface area (Å²) in [4.78, 5) is 11.0. The lowest BCUT2D eigenvalue weighted by Crippen LogP contribution is -1.95. The van der Waals surface area contributed by atoms with Gasteiger partial charge in [0.1, 0.15) is 0 Å². The zero-order valence-corrected chi connectivity index (χ0v) is 7.58. The number of hydrogen-bond donors (Lipinski definition) is 1. The lowest BCUT2D eigenvalue weighted by Gasteiger charge is -1.86. The molecule has 0 aliphatic carbocycles. The number of rotatable bonds is 0. The summed E-state index contributed by atoms with van der Waals surface area (Å²) in [5.74, 6) is 0. The van der Waals surface area contributed by atoms with Crippen molar-refractivity contribution in [1.29, 1.82) is 0 Å². The molecule has 1 heterocycles. The number of hydrogen-bond acceptors (Lipinski definition) is 2. The van der Waals surface area contributed by atoms with E-state index in [-0.39, 0.29) is 5.56 Å². The number of nitrogens with one attached hydrogen (secondary N) is 1. The average molecular weight is 261 g/mol. The van der Waals surface area contributed by atoms with Crippen molar-refractivity contribution in [2.24, 2.45) is 0 Å². The van der Waals surface area contributed by atoms with E-state index in [1.807, 2.05) is 12.1 Å². The first-order chi connectivity index (χ1) is 5.29. The molecule has 0 bridgehead atoms. The fourth-order valence-corrected chi connectivity index (χ4v) is 1.55. The molecule has 11 heavy (non-hydrogen) atoms. The SMILES string of the molecule is O=c1[nH]oc2c(I)cccc12. The van der Waals surface area contributed by atoms with Crippen molar-refractivity contribution in [2.45, 2.75) is 0 Å². The Balaban J connectivity index is 3.06. The molecule has 2 rings (SSSR count). The van der Waals surface area contributed by atoms with Crippen LogP contribution in [-0.4, -0.2) is 5.16 Å². The van der Waals surface area contributed by atoms with E-state index in [0.29, 0.717) is 11.0 Å². The minimum atomic E-state index is -0.168. The van der Waals surface area contributed by atoms with Gasteiger partial charge in [-0.1, -0.05) is 6.07 Å². The third-order valence-electron chi connectivity index (χ3n) is 1.46. The molecular weight excluding hydrogens is 257 g/mol. The number of para-hydroxylation sites is 1. The number of halogens is 1. The van der Waals surface area contributed by atoms with Crippen LogP contribution in [0, 0.1) is 3.57 Å². The molecule has 56 valence electrons. The van der Waals surface area contributed by atoms with Crippen molar-refractivity contribution in [3.8, 4) is 0 Å². The zero-order valence-electron chi connectivity index (χ0n) is 5.43. The molecule has 0 amide bonds. The van der Waals surface area contributed by atoms with E-state index in [9.17, 15) is 4.79 Å². The molecule has 0 unspecified atom stereocenters. The van der Waals surface area contributed by atoms with Gasteiger partial charge in [0.15, 0.2) is 5.58 Å². The lowest BCUT2D eigenvalue weighted by molar-refractivity contribution is 0.448. The summed E-state index contributed by atoms with van der Waals surface area (Å²) in [6.07, 6.45) is 0. The Kier molecular flexibility index (Phi) is 1.49. The van der Waals surface area contributed by atoms with Crippen molar-refractivity contribution in [2.75, 3.05) is 0 Å². The molecule has 0 saturated heterocycles. The molecule has 3 nitrogen and oxygen atoms in total. The second-order valence-electron chi connectivity index (χ2n) is 2.15. The van der Waals surface area contributed by atoms with Gasteiger partial charge in [0.25, 0.3) is 5.56 Å². The fraction of sp³-hybridized carbons (Fsp3) is 0. The molecule has 0 aliphatic heterocycles. The van der Waals surface area contributed by atoms with Gasteiger partial charge < -0.3 is 4.52 Å². The molecule has 0 spiro atoms.